The van der Waals surface area contributed by atoms with Crippen LogP contribution in [0.4, 0.5) is 5.69 Å². The molecule has 0 aliphatic rings. The van der Waals surface area contributed by atoms with Gasteiger partial charge in [-0.15, -0.1) is 0 Å². The molecule has 154 valence electrons. The molecule has 2 amide bonds. The van der Waals surface area contributed by atoms with Crippen molar-refractivity contribution in [1.29, 1.82) is 0 Å². The van der Waals surface area contributed by atoms with Crippen LogP contribution in [0.15, 0.2) is 54.7 Å². The van der Waals surface area contributed by atoms with E-state index in [-0.39, 0.29) is 34.2 Å². The first-order valence-electron chi connectivity index (χ1n) is 9.43. The number of amides is 2. The minimum Gasteiger partial charge on any atom is -0.351 e. The van der Waals surface area contributed by atoms with Gasteiger partial charge in [0.05, 0.1) is 17.4 Å². The zero-order valence-electron chi connectivity index (χ0n) is 16.6. The number of anilines is 1. The van der Waals surface area contributed by atoms with Gasteiger partial charge in [-0.3, -0.25) is 19.1 Å². The summed E-state index contributed by atoms with van der Waals surface area (Å²) in [7, 11) is 1.62. The summed E-state index contributed by atoms with van der Waals surface area (Å²) in [5.74, 6) is -1.15. The van der Waals surface area contributed by atoms with E-state index in [1.165, 1.54) is 10.9 Å². The summed E-state index contributed by atoms with van der Waals surface area (Å²) < 4.78 is 1.39. The molecule has 8 heteroatoms. The van der Waals surface area contributed by atoms with Gasteiger partial charge in [-0.25, -0.2) is 0 Å². The Balaban J connectivity index is 1.88. The SMILES string of the molecule is CCCNC(=O)c1c(NC(=O)c2ccccc2C(=O)c2ccc(Cl)cc2)cnn1C. The molecule has 0 bridgehead atoms. The summed E-state index contributed by atoms with van der Waals surface area (Å²) in [6, 6.07) is 13.0. The minimum atomic E-state index is -0.509. The second-order valence-electron chi connectivity index (χ2n) is 6.62. The van der Waals surface area contributed by atoms with Gasteiger partial charge in [0.2, 0.25) is 0 Å². The van der Waals surface area contributed by atoms with Crippen molar-refractivity contribution in [2.75, 3.05) is 11.9 Å². The Kier molecular flexibility index (Phi) is 6.64. The van der Waals surface area contributed by atoms with Gasteiger partial charge in [0.25, 0.3) is 11.8 Å². The largest absolute Gasteiger partial charge is 0.351 e. The number of halogens is 1. The summed E-state index contributed by atoms with van der Waals surface area (Å²) in [6.07, 6.45) is 2.19. The maximum atomic E-state index is 13.0. The van der Waals surface area contributed by atoms with Crippen LogP contribution in [0.3, 0.4) is 0 Å². The lowest BCUT2D eigenvalue weighted by Crippen LogP contribution is -2.28. The topological polar surface area (TPSA) is 93.1 Å². The van der Waals surface area contributed by atoms with Gasteiger partial charge < -0.3 is 10.6 Å². The Bertz CT molecular complexity index is 1090. The number of nitrogens with one attached hydrogen (secondary N) is 2. The van der Waals surface area contributed by atoms with E-state index in [4.69, 9.17) is 11.6 Å². The monoisotopic (exact) mass is 424 g/mol. The molecular formula is C22H21ClN4O3. The maximum Gasteiger partial charge on any atom is 0.271 e. The molecule has 3 aromatic rings. The molecular weight excluding hydrogens is 404 g/mol. The van der Waals surface area contributed by atoms with Crippen LogP contribution >= 0.6 is 11.6 Å². The zero-order valence-corrected chi connectivity index (χ0v) is 17.4. The van der Waals surface area contributed by atoms with Gasteiger partial charge in [-0.05, 0) is 36.8 Å². The average molecular weight is 425 g/mol. The van der Waals surface area contributed by atoms with Gasteiger partial charge in [0, 0.05) is 29.7 Å². The number of hydrogen-bond donors (Lipinski definition) is 2. The fourth-order valence-corrected chi connectivity index (χ4v) is 3.07. The van der Waals surface area contributed by atoms with E-state index in [1.54, 1.807) is 55.6 Å². The first-order chi connectivity index (χ1) is 14.4. The fourth-order valence-electron chi connectivity index (χ4n) is 2.95. The number of nitrogens with zero attached hydrogens (tertiary/aromatic N) is 2. The molecule has 2 aromatic carbocycles. The quantitative estimate of drug-likeness (QED) is 0.565. The smallest absolute Gasteiger partial charge is 0.271 e. The van der Waals surface area contributed by atoms with Crippen LogP contribution in [0.25, 0.3) is 0 Å². The van der Waals surface area contributed by atoms with Crippen molar-refractivity contribution in [3.63, 3.8) is 0 Å². The predicted octanol–water partition coefficient (Wildman–Crippen LogP) is 3.70. The average Bonchev–Trinajstić information content (AvgIpc) is 3.12. The highest BCUT2D eigenvalue weighted by molar-refractivity contribution is 6.30. The molecule has 30 heavy (non-hydrogen) atoms. The molecule has 0 radical (unpaired) electrons. The lowest BCUT2D eigenvalue weighted by molar-refractivity contribution is 0.0944. The highest BCUT2D eigenvalue weighted by Gasteiger charge is 2.22. The second-order valence-corrected chi connectivity index (χ2v) is 7.06. The van der Waals surface area contributed by atoms with Crippen LogP contribution in [0.1, 0.15) is 50.1 Å². The van der Waals surface area contributed by atoms with Gasteiger partial charge in [-0.1, -0.05) is 36.7 Å². The van der Waals surface area contributed by atoms with E-state index >= 15 is 0 Å². The summed E-state index contributed by atoms with van der Waals surface area (Å²) in [4.78, 5) is 38.3. The summed E-state index contributed by atoms with van der Waals surface area (Å²) in [5, 5.41) is 10.1. The first kappa shape index (κ1) is 21.3. The molecule has 0 fully saturated rings. The Morgan fingerprint density at radius 3 is 2.33 bits per heavy atom. The predicted molar refractivity (Wildman–Crippen MR) is 115 cm³/mol. The number of ketones is 1. The fraction of sp³-hybridized carbons (Fsp3) is 0.182. The standard InChI is InChI=1S/C22H21ClN4O3/c1-3-12-24-22(30)19-18(13-25-27(19)2)26-21(29)17-7-5-4-6-16(17)20(28)14-8-10-15(23)11-9-14/h4-11,13H,3,12H2,1-2H3,(H,24,30)(H,26,29). The summed E-state index contributed by atoms with van der Waals surface area (Å²) >= 11 is 5.89. The van der Waals surface area contributed by atoms with Gasteiger partial charge in [0.15, 0.2) is 5.78 Å². The Hall–Kier alpha value is -3.45. The normalized spacial score (nSPS) is 10.5. The molecule has 7 nitrogen and oxygen atoms in total. The Morgan fingerprint density at radius 2 is 1.67 bits per heavy atom. The van der Waals surface area contributed by atoms with Crippen LogP contribution in [-0.2, 0) is 7.05 Å². The van der Waals surface area contributed by atoms with E-state index in [9.17, 15) is 14.4 Å². The highest BCUT2D eigenvalue weighted by atomic mass is 35.5. The van der Waals surface area contributed by atoms with Gasteiger partial charge in [0.1, 0.15) is 5.69 Å². The van der Waals surface area contributed by atoms with E-state index in [0.29, 0.717) is 17.1 Å². The van der Waals surface area contributed by atoms with Crippen molar-refractivity contribution >= 4 is 34.9 Å². The molecule has 2 N–H and O–H groups in total. The zero-order chi connectivity index (χ0) is 21.7. The van der Waals surface area contributed by atoms with Crippen LogP contribution in [-0.4, -0.2) is 33.9 Å². The number of carbonyl (C=O) groups is 3. The number of aromatic nitrogens is 2. The van der Waals surface area contributed by atoms with E-state index in [2.05, 4.69) is 15.7 Å². The number of hydrogen-bond acceptors (Lipinski definition) is 4. The molecule has 0 aliphatic carbocycles. The van der Waals surface area contributed by atoms with Crippen molar-refractivity contribution < 1.29 is 14.4 Å². The Morgan fingerprint density at radius 1 is 1.00 bits per heavy atom. The number of rotatable bonds is 7. The van der Waals surface area contributed by atoms with Crippen molar-refractivity contribution in [3.05, 3.63) is 82.1 Å². The third-order valence-corrected chi connectivity index (χ3v) is 4.71. The number of aryl methyl sites for hydroxylation is 1. The van der Waals surface area contributed by atoms with Gasteiger partial charge in [-0.2, -0.15) is 5.10 Å². The molecule has 0 atom stereocenters. The number of carbonyl (C=O) groups excluding carboxylic acids is 3. The minimum absolute atomic E-state index is 0.196. The molecule has 1 heterocycles. The molecule has 1 aromatic heterocycles. The van der Waals surface area contributed by atoms with Crippen LogP contribution in [0, 0.1) is 0 Å². The molecule has 0 spiro atoms. The lowest BCUT2D eigenvalue weighted by Gasteiger charge is -2.11. The van der Waals surface area contributed by atoms with Crippen molar-refractivity contribution in [1.82, 2.24) is 15.1 Å². The first-order valence-corrected chi connectivity index (χ1v) is 9.81. The van der Waals surface area contributed by atoms with Crippen molar-refractivity contribution in [3.8, 4) is 0 Å². The van der Waals surface area contributed by atoms with E-state index in [0.717, 1.165) is 6.42 Å². The third kappa shape index (κ3) is 4.58. The third-order valence-electron chi connectivity index (χ3n) is 4.46. The lowest BCUT2D eigenvalue weighted by atomic mass is 9.98. The summed E-state index contributed by atoms with van der Waals surface area (Å²) in [6.45, 7) is 2.46. The molecule has 0 aliphatic heterocycles. The van der Waals surface area contributed by atoms with Crippen molar-refractivity contribution in [2.45, 2.75) is 13.3 Å². The second kappa shape index (κ2) is 9.37. The maximum absolute atomic E-state index is 13.0. The van der Waals surface area contributed by atoms with Crippen LogP contribution in [0.5, 0.6) is 0 Å². The summed E-state index contributed by atoms with van der Waals surface area (Å²) in [5.41, 5.74) is 1.36. The van der Waals surface area contributed by atoms with Gasteiger partial charge >= 0.3 is 0 Å². The Labute approximate surface area is 179 Å². The molecule has 0 saturated heterocycles. The van der Waals surface area contributed by atoms with E-state index in [1.807, 2.05) is 6.92 Å². The van der Waals surface area contributed by atoms with Crippen LogP contribution < -0.4 is 10.6 Å². The van der Waals surface area contributed by atoms with E-state index < -0.39 is 5.91 Å². The molecule has 0 unspecified atom stereocenters. The molecule has 3 rings (SSSR count). The highest BCUT2D eigenvalue weighted by Crippen LogP contribution is 2.20. The van der Waals surface area contributed by atoms with Crippen molar-refractivity contribution in [2.24, 2.45) is 7.05 Å². The number of benzene rings is 2. The molecule has 0 saturated carbocycles. The van der Waals surface area contributed by atoms with Crippen LogP contribution in [0.2, 0.25) is 5.02 Å².